The van der Waals surface area contributed by atoms with Crippen molar-refractivity contribution in [1.82, 2.24) is 9.78 Å². The van der Waals surface area contributed by atoms with Gasteiger partial charge in [-0.25, -0.2) is 13.1 Å². The van der Waals surface area contributed by atoms with E-state index < -0.39 is 15.9 Å². The Balaban J connectivity index is 1.48. The number of methoxy groups -OCH3 is 1. The first kappa shape index (κ1) is 22.4. The third-order valence-corrected chi connectivity index (χ3v) is 6.31. The molecule has 0 saturated carbocycles. The highest BCUT2D eigenvalue weighted by atomic mass is 35.5. The molecule has 1 amide bonds. The van der Waals surface area contributed by atoms with Gasteiger partial charge in [-0.3, -0.25) is 9.52 Å². The number of nitrogens with zero attached hydrogens (tertiary/aromatic N) is 2. The smallest absolute Gasteiger partial charge is 0.261 e. The Morgan fingerprint density at radius 1 is 1.00 bits per heavy atom. The van der Waals surface area contributed by atoms with Crippen LogP contribution in [0, 0.1) is 0 Å². The first-order valence-electron chi connectivity index (χ1n) is 9.73. The Morgan fingerprint density at radius 3 is 2.52 bits per heavy atom. The molecule has 4 rings (SSSR count). The Morgan fingerprint density at radius 2 is 1.76 bits per heavy atom. The third kappa shape index (κ3) is 5.33. The topological polar surface area (TPSA) is 102 Å². The number of rotatable bonds is 7. The maximum absolute atomic E-state index is 12.7. The quantitative estimate of drug-likeness (QED) is 0.401. The second-order valence-corrected chi connectivity index (χ2v) is 9.09. The minimum absolute atomic E-state index is 0.0618. The maximum Gasteiger partial charge on any atom is 0.261 e. The lowest BCUT2D eigenvalue weighted by molar-refractivity contribution is 0.102. The molecule has 0 unspecified atom stereocenters. The second-order valence-electron chi connectivity index (χ2n) is 6.97. The molecule has 1 aromatic heterocycles. The third-order valence-electron chi connectivity index (χ3n) is 4.66. The van der Waals surface area contributed by atoms with E-state index in [9.17, 15) is 13.2 Å². The molecule has 0 saturated heterocycles. The normalized spacial score (nSPS) is 11.1. The van der Waals surface area contributed by atoms with Crippen LogP contribution in [0.1, 0.15) is 10.4 Å². The zero-order chi connectivity index (χ0) is 23.4. The SMILES string of the molecule is COc1cccc(-n2cc(NC(=O)c3cccc(NS(=O)(=O)c4ccc(Cl)cc4)c3)cn2)c1. The van der Waals surface area contributed by atoms with Crippen LogP contribution in [-0.2, 0) is 10.0 Å². The first-order valence-corrected chi connectivity index (χ1v) is 11.6. The van der Waals surface area contributed by atoms with Gasteiger partial charge in [0.25, 0.3) is 15.9 Å². The van der Waals surface area contributed by atoms with Gasteiger partial charge in [0.05, 0.1) is 35.8 Å². The summed E-state index contributed by atoms with van der Waals surface area (Å²) in [6, 6.07) is 19.3. The lowest BCUT2D eigenvalue weighted by Crippen LogP contribution is -2.15. The molecule has 8 nitrogen and oxygen atoms in total. The van der Waals surface area contributed by atoms with E-state index in [0.717, 1.165) is 5.69 Å². The predicted molar refractivity (Wildman–Crippen MR) is 127 cm³/mol. The number of halogens is 1. The Kier molecular flexibility index (Phi) is 6.34. The van der Waals surface area contributed by atoms with Gasteiger partial charge in [-0.2, -0.15) is 5.10 Å². The Labute approximate surface area is 195 Å². The van der Waals surface area contributed by atoms with Crippen molar-refractivity contribution >= 4 is 38.9 Å². The van der Waals surface area contributed by atoms with Crippen molar-refractivity contribution in [2.24, 2.45) is 0 Å². The van der Waals surface area contributed by atoms with Crippen molar-refractivity contribution < 1.29 is 17.9 Å². The molecule has 33 heavy (non-hydrogen) atoms. The number of anilines is 2. The second kappa shape index (κ2) is 9.35. The number of benzene rings is 3. The number of amides is 1. The molecule has 0 aliphatic carbocycles. The van der Waals surface area contributed by atoms with E-state index in [0.29, 0.717) is 16.5 Å². The van der Waals surface area contributed by atoms with Gasteiger partial charge in [0.15, 0.2) is 0 Å². The maximum atomic E-state index is 12.7. The Hall–Kier alpha value is -3.82. The van der Waals surface area contributed by atoms with Crippen LogP contribution in [0.4, 0.5) is 11.4 Å². The fraction of sp³-hybridized carbons (Fsp3) is 0.0435. The van der Waals surface area contributed by atoms with Crippen LogP contribution in [0.15, 0.2) is 90.1 Å². The van der Waals surface area contributed by atoms with E-state index in [1.807, 2.05) is 24.3 Å². The fourth-order valence-electron chi connectivity index (χ4n) is 3.04. The predicted octanol–water partition coefficient (Wildman–Crippen LogP) is 4.59. The number of nitrogens with one attached hydrogen (secondary N) is 2. The number of hydrogen-bond donors (Lipinski definition) is 2. The molecule has 0 aliphatic rings. The van der Waals surface area contributed by atoms with Gasteiger partial charge >= 0.3 is 0 Å². The van der Waals surface area contributed by atoms with E-state index in [1.54, 1.807) is 36.2 Å². The van der Waals surface area contributed by atoms with Gasteiger partial charge in [0.2, 0.25) is 0 Å². The fourth-order valence-corrected chi connectivity index (χ4v) is 4.21. The van der Waals surface area contributed by atoms with Crippen LogP contribution >= 0.6 is 11.6 Å². The molecule has 10 heteroatoms. The van der Waals surface area contributed by atoms with E-state index >= 15 is 0 Å². The number of carbonyl (C=O) groups is 1. The summed E-state index contributed by atoms with van der Waals surface area (Å²) < 4.78 is 34.5. The monoisotopic (exact) mass is 482 g/mol. The lowest BCUT2D eigenvalue weighted by atomic mass is 10.2. The van der Waals surface area contributed by atoms with Crippen LogP contribution in [0.25, 0.3) is 5.69 Å². The van der Waals surface area contributed by atoms with Crippen molar-refractivity contribution in [3.05, 3.63) is 95.8 Å². The van der Waals surface area contributed by atoms with Gasteiger partial charge in [-0.05, 0) is 54.6 Å². The average Bonchev–Trinajstić information content (AvgIpc) is 3.28. The molecule has 0 aliphatic heterocycles. The molecular weight excluding hydrogens is 464 g/mol. The molecule has 2 N–H and O–H groups in total. The van der Waals surface area contributed by atoms with Gasteiger partial charge in [0.1, 0.15) is 5.75 Å². The number of ether oxygens (including phenoxy) is 1. The zero-order valence-electron chi connectivity index (χ0n) is 17.4. The molecule has 0 atom stereocenters. The van der Waals surface area contributed by atoms with E-state index in [1.165, 1.54) is 36.5 Å². The molecule has 0 fully saturated rings. The van der Waals surface area contributed by atoms with E-state index in [-0.39, 0.29) is 16.1 Å². The average molecular weight is 483 g/mol. The van der Waals surface area contributed by atoms with Crippen molar-refractivity contribution in [2.75, 3.05) is 17.1 Å². The van der Waals surface area contributed by atoms with Crippen molar-refractivity contribution in [3.8, 4) is 11.4 Å². The summed E-state index contributed by atoms with van der Waals surface area (Å²) in [5, 5.41) is 7.45. The minimum atomic E-state index is -3.83. The van der Waals surface area contributed by atoms with Crippen molar-refractivity contribution in [3.63, 3.8) is 0 Å². The molecule has 0 bridgehead atoms. The molecule has 4 aromatic rings. The standard InChI is InChI=1S/C23H19ClN4O4S/c1-32-21-7-3-6-20(13-21)28-15-19(14-25-28)26-23(29)16-4-2-5-18(12-16)27-33(30,31)22-10-8-17(24)9-11-22/h2-15,27H,1H3,(H,26,29). The number of hydrogen-bond acceptors (Lipinski definition) is 5. The number of carbonyl (C=O) groups excluding carboxylic acids is 1. The number of aromatic nitrogens is 2. The summed E-state index contributed by atoms with van der Waals surface area (Å²) in [6.07, 6.45) is 3.18. The van der Waals surface area contributed by atoms with Crippen LogP contribution in [0.2, 0.25) is 5.02 Å². The summed E-state index contributed by atoms with van der Waals surface area (Å²) in [5.74, 6) is 0.277. The highest BCUT2D eigenvalue weighted by Crippen LogP contribution is 2.21. The number of sulfonamides is 1. The summed E-state index contributed by atoms with van der Waals surface area (Å²) in [4.78, 5) is 12.8. The van der Waals surface area contributed by atoms with E-state index in [4.69, 9.17) is 16.3 Å². The van der Waals surface area contributed by atoms with Gasteiger partial charge in [-0.1, -0.05) is 23.7 Å². The molecular formula is C23H19ClN4O4S. The highest BCUT2D eigenvalue weighted by Gasteiger charge is 2.15. The van der Waals surface area contributed by atoms with Crippen molar-refractivity contribution in [2.45, 2.75) is 4.90 Å². The summed E-state index contributed by atoms with van der Waals surface area (Å²) >= 11 is 5.82. The van der Waals surface area contributed by atoms with E-state index in [2.05, 4.69) is 15.1 Å². The van der Waals surface area contributed by atoms with Gasteiger partial charge in [-0.15, -0.1) is 0 Å². The van der Waals surface area contributed by atoms with Crippen LogP contribution < -0.4 is 14.8 Å². The van der Waals surface area contributed by atoms with Crippen LogP contribution in [0.5, 0.6) is 5.75 Å². The minimum Gasteiger partial charge on any atom is -0.497 e. The summed E-state index contributed by atoms with van der Waals surface area (Å²) in [7, 11) is -2.25. The largest absolute Gasteiger partial charge is 0.497 e. The molecule has 1 heterocycles. The molecule has 3 aromatic carbocycles. The first-order chi connectivity index (χ1) is 15.8. The molecule has 168 valence electrons. The summed E-state index contributed by atoms with van der Waals surface area (Å²) in [6.45, 7) is 0. The Bertz CT molecular complexity index is 1400. The van der Waals surface area contributed by atoms with Gasteiger partial charge in [0, 0.05) is 22.3 Å². The zero-order valence-corrected chi connectivity index (χ0v) is 19.0. The summed E-state index contributed by atoms with van der Waals surface area (Å²) in [5.41, 5.74) is 1.79. The highest BCUT2D eigenvalue weighted by molar-refractivity contribution is 7.92. The molecule has 0 spiro atoms. The van der Waals surface area contributed by atoms with Crippen LogP contribution in [0.3, 0.4) is 0 Å². The van der Waals surface area contributed by atoms with Crippen LogP contribution in [-0.4, -0.2) is 31.2 Å². The molecule has 0 radical (unpaired) electrons. The van der Waals surface area contributed by atoms with Gasteiger partial charge < -0.3 is 10.1 Å². The van der Waals surface area contributed by atoms with Crippen molar-refractivity contribution in [1.29, 1.82) is 0 Å². The lowest BCUT2D eigenvalue weighted by Gasteiger charge is -2.10.